The molecule has 0 saturated heterocycles. The van der Waals surface area contributed by atoms with Gasteiger partial charge in [0.1, 0.15) is 5.25 Å². The summed E-state index contributed by atoms with van der Waals surface area (Å²) in [5.74, 6) is -0.544. The molecule has 0 spiro atoms. The van der Waals surface area contributed by atoms with Gasteiger partial charge in [0, 0.05) is 36.7 Å². The number of carbonyl (C=O) groups is 3. The second-order valence-electron chi connectivity index (χ2n) is 6.02. The van der Waals surface area contributed by atoms with Gasteiger partial charge in [-0.1, -0.05) is 0 Å². The first-order valence-electron chi connectivity index (χ1n) is 8.41. The van der Waals surface area contributed by atoms with Crippen molar-refractivity contribution in [3.8, 4) is 5.69 Å². The van der Waals surface area contributed by atoms with E-state index in [4.69, 9.17) is 0 Å². The molecule has 1 aromatic carbocycles. The summed E-state index contributed by atoms with van der Waals surface area (Å²) in [5.41, 5.74) is 1.97. The summed E-state index contributed by atoms with van der Waals surface area (Å²) in [7, 11) is 0. The summed E-state index contributed by atoms with van der Waals surface area (Å²) in [4.78, 5) is 41.7. The van der Waals surface area contributed by atoms with E-state index in [9.17, 15) is 14.4 Å². The summed E-state index contributed by atoms with van der Waals surface area (Å²) < 4.78 is 1.94. The summed E-state index contributed by atoms with van der Waals surface area (Å²) >= 11 is 1.33. The van der Waals surface area contributed by atoms with Crippen LogP contribution in [-0.2, 0) is 4.79 Å². The maximum absolute atomic E-state index is 12.4. The Balaban J connectivity index is 1.33. The Labute approximate surface area is 159 Å². The molecule has 2 aromatic rings. The number of thioether (sulfide) groups is 1. The van der Waals surface area contributed by atoms with Gasteiger partial charge in [-0.2, -0.15) is 4.99 Å². The number of aliphatic imine (C=N–C) groups is 1. The minimum Gasteiger partial charge on any atom is -0.350 e. The number of hydrogen-bond donors (Lipinski definition) is 1. The van der Waals surface area contributed by atoms with Crippen LogP contribution in [0.4, 0.5) is 4.79 Å². The van der Waals surface area contributed by atoms with E-state index in [0.717, 1.165) is 10.6 Å². The largest absolute Gasteiger partial charge is 0.350 e. The number of hydrogen-bond acceptors (Lipinski definition) is 4. The van der Waals surface area contributed by atoms with Crippen molar-refractivity contribution in [3.63, 3.8) is 0 Å². The molecular weight excluding hydrogens is 364 g/mol. The topological polar surface area (TPSA) is 83.8 Å². The monoisotopic (exact) mass is 380 g/mol. The third-order valence-corrected chi connectivity index (χ3v) is 5.33. The number of nitrogens with zero attached hydrogens (tertiary/aromatic N) is 3. The Morgan fingerprint density at radius 3 is 2.63 bits per heavy atom. The second-order valence-corrected chi connectivity index (χ2v) is 7.04. The summed E-state index contributed by atoms with van der Waals surface area (Å²) in [6.07, 6.45) is 5.53. The Hall–Kier alpha value is -3.13. The zero-order chi connectivity index (χ0) is 18.8. The highest BCUT2D eigenvalue weighted by atomic mass is 32.2. The lowest BCUT2D eigenvalue weighted by Gasteiger charge is -2.25. The van der Waals surface area contributed by atoms with Gasteiger partial charge < -0.3 is 9.88 Å². The van der Waals surface area contributed by atoms with Crippen molar-refractivity contribution in [2.45, 2.75) is 5.25 Å². The van der Waals surface area contributed by atoms with E-state index in [1.807, 2.05) is 41.2 Å². The molecule has 2 aliphatic heterocycles. The number of nitrogens with one attached hydrogen (secondary N) is 1. The average Bonchev–Trinajstić information content (AvgIpc) is 3.36. The SMILES string of the molecule is O=C(NCCN1C(=O)N=C2C=CSC2C1=O)c1ccc(-n2cccc2)cc1. The molecule has 1 atom stereocenters. The molecule has 0 radical (unpaired) electrons. The lowest BCUT2D eigenvalue weighted by molar-refractivity contribution is -0.126. The van der Waals surface area contributed by atoms with E-state index in [2.05, 4.69) is 10.3 Å². The van der Waals surface area contributed by atoms with Crippen LogP contribution >= 0.6 is 11.8 Å². The average molecular weight is 380 g/mol. The van der Waals surface area contributed by atoms with E-state index in [1.54, 1.807) is 23.6 Å². The first kappa shape index (κ1) is 17.3. The molecule has 0 aliphatic carbocycles. The van der Waals surface area contributed by atoms with Gasteiger partial charge >= 0.3 is 6.03 Å². The predicted octanol–water partition coefficient (Wildman–Crippen LogP) is 2.24. The molecule has 3 heterocycles. The lowest BCUT2D eigenvalue weighted by Crippen LogP contribution is -2.49. The van der Waals surface area contributed by atoms with E-state index in [-0.39, 0.29) is 24.9 Å². The number of rotatable bonds is 5. The van der Waals surface area contributed by atoms with Crippen LogP contribution in [-0.4, -0.2) is 51.4 Å². The van der Waals surface area contributed by atoms with Gasteiger partial charge in [-0.25, -0.2) is 4.79 Å². The highest BCUT2D eigenvalue weighted by Gasteiger charge is 2.38. The molecule has 8 heteroatoms. The van der Waals surface area contributed by atoms with Gasteiger partial charge in [-0.15, -0.1) is 11.8 Å². The fourth-order valence-electron chi connectivity index (χ4n) is 2.91. The predicted molar refractivity (Wildman–Crippen MR) is 103 cm³/mol. The van der Waals surface area contributed by atoms with Crippen molar-refractivity contribution in [1.82, 2.24) is 14.8 Å². The zero-order valence-electron chi connectivity index (χ0n) is 14.2. The molecule has 0 saturated carbocycles. The molecule has 2 aliphatic rings. The molecule has 7 nitrogen and oxygen atoms in total. The highest BCUT2D eigenvalue weighted by molar-refractivity contribution is 8.04. The van der Waals surface area contributed by atoms with Crippen molar-refractivity contribution < 1.29 is 14.4 Å². The standard InChI is InChI=1S/C19H16N4O3S/c24-17(13-3-5-14(6-4-13)22-9-1-2-10-22)20-8-11-23-18(25)16-15(7-12-27-16)21-19(23)26/h1-7,9-10,12,16H,8,11H2,(H,20,24). The molecule has 1 N–H and O–H groups in total. The number of aromatic nitrogens is 1. The van der Waals surface area contributed by atoms with Gasteiger partial charge in [0.25, 0.3) is 5.91 Å². The van der Waals surface area contributed by atoms with Crippen LogP contribution in [0.15, 0.2) is 65.3 Å². The van der Waals surface area contributed by atoms with Crippen molar-refractivity contribution in [2.24, 2.45) is 4.99 Å². The van der Waals surface area contributed by atoms with Crippen molar-refractivity contribution >= 4 is 35.3 Å². The number of amides is 4. The van der Waals surface area contributed by atoms with Crippen molar-refractivity contribution in [2.75, 3.05) is 13.1 Å². The van der Waals surface area contributed by atoms with E-state index in [0.29, 0.717) is 11.3 Å². The van der Waals surface area contributed by atoms with Crippen LogP contribution in [0, 0.1) is 0 Å². The van der Waals surface area contributed by atoms with Gasteiger partial charge in [-0.3, -0.25) is 14.5 Å². The molecule has 1 aromatic heterocycles. The van der Waals surface area contributed by atoms with Gasteiger partial charge in [-0.05, 0) is 47.9 Å². The minimum atomic E-state index is -0.580. The van der Waals surface area contributed by atoms with E-state index < -0.39 is 11.3 Å². The Morgan fingerprint density at radius 1 is 1.15 bits per heavy atom. The number of urea groups is 1. The number of imide groups is 1. The number of allylic oxidation sites excluding steroid dienone is 1. The smallest absolute Gasteiger partial charge is 0.350 e. The Kier molecular flexibility index (Phi) is 4.64. The first-order chi connectivity index (χ1) is 13.1. The van der Waals surface area contributed by atoms with E-state index in [1.165, 1.54) is 11.8 Å². The number of fused-ring (bicyclic) bond motifs is 1. The highest BCUT2D eigenvalue weighted by Crippen LogP contribution is 2.27. The Bertz CT molecular complexity index is 948. The number of benzene rings is 1. The van der Waals surface area contributed by atoms with Crippen LogP contribution in [0.3, 0.4) is 0 Å². The fourth-order valence-corrected chi connectivity index (χ4v) is 3.80. The van der Waals surface area contributed by atoms with Gasteiger partial charge in [0.2, 0.25) is 5.91 Å². The molecule has 0 fully saturated rings. The summed E-state index contributed by atoms with van der Waals surface area (Å²) in [6, 6.07) is 10.5. The molecule has 0 bridgehead atoms. The molecule has 27 heavy (non-hydrogen) atoms. The zero-order valence-corrected chi connectivity index (χ0v) is 15.1. The van der Waals surface area contributed by atoms with Crippen molar-refractivity contribution in [1.29, 1.82) is 0 Å². The van der Waals surface area contributed by atoms with Crippen LogP contribution in [0.5, 0.6) is 0 Å². The molecule has 4 amide bonds. The van der Waals surface area contributed by atoms with Gasteiger partial charge in [0.05, 0.1) is 5.71 Å². The maximum atomic E-state index is 12.4. The first-order valence-corrected chi connectivity index (χ1v) is 9.35. The van der Waals surface area contributed by atoms with Crippen LogP contribution in [0.1, 0.15) is 10.4 Å². The molecular formula is C19H16N4O3S. The van der Waals surface area contributed by atoms with Crippen LogP contribution in [0.2, 0.25) is 0 Å². The molecule has 4 rings (SSSR count). The molecule has 136 valence electrons. The fraction of sp³-hybridized carbons (Fsp3) is 0.158. The van der Waals surface area contributed by atoms with Gasteiger partial charge in [0.15, 0.2) is 0 Å². The van der Waals surface area contributed by atoms with Crippen LogP contribution < -0.4 is 5.32 Å². The van der Waals surface area contributed by atoms with Crippen LogP contribution in [0.25, 0.3) is 5.69 Å². The second kappa shape index (κ2) is 7.24. The maximum Gasteiger partial charge on any atom is 0.350 e. The minimum absolute atomic E-state index is 0.0959. The summed E-state index contributed by atoms with van der Waals surface area (Å²) in [5, 5.41) is 4.06. The summed E-state index contributed by atoms with van der Waals surface area (Å²) in [6.45, 7) is 0.268. The third-order valence-electron chi connectivity index (χ3n) is 4.32. The van der Waals surface area contributed by atoms with Crippen molar-refractivity contribution in [3.05, 3.63) is 65.8 Å². The number of carbonyl (C=O) groups excluding carboxylic acids is 3. The Morgan fingerprint density at radius 2 is 1.89 bits per heavy atom. The quantitative estimate of drug-likeness (QED) is 0.862. The third kappa shape index (κ3) is 3.43. The van der Waals surface area contributed by atoms with E-state index >= 15 is 0 Å². The lowest BCUT2D eigenvalue weighted by atomic mass is 10.2. The molecule has 1 unspecified atom stereocenters. The normalized spacial score (nSPS) is 18.4.